The Hall–Kier alpha value is -0.650. The Morgan fingerprint density at radius 3 is 2.55 bits per heavy atom. The molecule has 0 aromatic carbocycles. The summed E-state index contributed by atoms with van der Waals surface area (Å²) >= 11 is 0. The van der Waals surface area contributed by atoms with Crippen molar-refractivity contribution in [2.75, 3.05) is 53.4 Å². The molecule has 1 heterocycles. The number of ether oxygens (including phenoxy) is 1. The molecule has 0 aliphatic carbocycles. The molecular weight excluding hydrogens is 254 g/mol. The highest BCUT2D eigenvalue weighted by Gasteiger charge is 2.15. The van der Waals surface area contributed by atoms with Gasteiger partial charge in [-0.3, -0.25) is 4.79 Å². The molecule has 1 amide bonds. The molecule has 5 heteroatoms. The highest BCUT2D eigenvalue weighted by atomic mass is 16.5. The summed E-state index contributed by atoms with van der Waals surface area (Å²) < 4.78 is 5.80. The van der Waals surface area contributed by atoms with Gasteiger partial charge in [0.25, 0.3) is 0 Å². The highest BCUT2D eigenvalue weighted by molar-refractivity contribution is 5.76. The molecule has 1 aliphatic heterocycles. The molecule has 5 nitrogen and oxygen atoms in total. The summed E-state index contributed by atoms with van der Waals surface area (Å²) in [4.78, 5) is 16.2. The van der Waals surface area contributed by atoms with Gasteiger partial charge in [-0.15, -0.1) is 0 Å². The maximum atomic E-state index is 12.1. The molecule has 0 unspecified atom stereocenters. The predicted molar refractivity (Wildman–Crippen MR) is 81.9 cm³/mol. The minimum atomic E-state index is 0.222. The van der Waals surface area contributed by atoms with Gasteiger partial charge in [-0.2, -0.15) is 0 Å². The van der Waals surface area contributed by atoms with Gasteiger partial charge in [-0.1, -0.05) is 0 Å². The summed E-state index contributed by atoms with van der Waals surface area (Å²) in [6, 6.07) is 0. The van der Waals surface area contributed by atoms with Crippen LogP contribution in [-0.4, -0.2) is 75.2 Å². The summed E-state index contributed by atoms with van der Waals surface area (Å²) in [6.07, 6.45) is 4.01. The Morgan fingerprint density at radius 2 is 1.95 bits per heavy atom. The lowest BCUT2D eigenvalue weighted by molar-refractivity contribution is -0.132. The molecule has 1 fully saturated rings. The molecular formula is C15H31N3O2. The largest absolute Gasteiger partial charge is 0.378 e. The summed E-state index contributed by atoms with van der Waals surface area (Å²) in [5.74, 6) is 0.222. The molecule has 1 aliphatic rings. The van der Waals surface area contributed by atoms with Crippen LogP contribution in [0, 0.1) is 0 Å². The normalized spacial score (nSPS) is 16.6. The second-order valence-corrected chi connectivity index (χ2v) is 5.70. The first-order valence-electron chi connectivity index (χ1n) is 7.88. The Kier molecular flexibility index (Phi) is 8.82. The summed E-state index contributed by atoms with van der Waals surface area (Å²) in [7, 11) is 4.12. The first-order chi connectivity index (χ1) is 9.63. The number of amides is 1. The lowest BCUT2D eigenvalue weighted by atomic mass is 10.1. The number of hydrogen-bond donors (Lipinski definition) is 1. The summed E-state index contributed by atoms with van der Waals surface area (Å²) in [6.45, 7) is 7.33. The van der Waals surface area contributed by atoms with E-state index in [0.29, 0.717) is 19.1 Å². The quantitative estimate of drug-likeness (QED) is 0.685. The Labute approximate surface area is 123 Å². The molecule has 20 heavy (non-hydrogen) atoms. The van der Waals surface area contributed by atoms with E-state index < -0.39 is 0 Å². The van der Waals surface area contributed by atoms with Gasteiger partial charge in [-0.05, 0) is 59.9 Å². The fourth-order valence-electron chi connectivity index (χ4n) is 2.47. The van der Waals surface area contributed by atoms with Crippen LogP contribution in [0.5, 0.6) is 0 Å². The average molecular weight is 285 g/mol. The maximum absolute atomic E-state index is 12.1. The number of rotatable bonds is 9. The van der Waals surface area contributed by atoms with Crippen LogP contribution in [0.25, 0.3) is 0 Å². The molecule has 118 valence electrons. The molecule has 1 N–H and O–H groups in total. The molecule has 0 aromatic heterocycles. The van der Waals surface area contributed by atoms with Gasteiger partial charge in [0.15, 0.2) is 0 Å². The third kappa shape index (κ3) is 7.22. The second kappa shape index (κ2) is 10.1. The van der Waals surface area contributed by atoms with Crippen molar-refractivity contribution in [3.8, 4) is 0 Å². The van der Waals surface area contributed by atoms with Crippen LogP contribution in [-0.2, 0) is 9.53 Å². The minimum Gasteiger partial charge on any atom is -0.378 e. The van der Waals surface area contributed by atoms with Gasteiger partial charge in [0, 0.05) is 13.1 Å². The van der Waals surface area contributed by atoms with Crippen LogP contribution in [0.2, 0.25) is 0 Å². The fraction of sp³-hybridized carbons (Fsp3) is 0.933. The lowest BCUT2D eigenvalue weighted by Gasteiger charge is -2.24. The van der Waals surface area contributed by atoms with Gasteiger partial charge >= 0.3 is 0 Å². The van der Waals surface area contributed by atoms with Crippen molar-refractivity contribution in [1.29, 1.82) is 0 Å². The number of nitrogens with zero attached hydrogens (tertiary/aromatic N) is 2. The van der Waals surface area contributed by atoms with Gasteiger partial charge in [-0.25, -0.2) is 0 Å². The zero-order valence-electron chi connectivity index (χ0n) is 13.4. The van der Waals surface area contributed by atoms with Gasteiger partial charge in [0.1, 0.15) is 0 Å². The van der Waals surface area contributed by atoms with Gasteiger partial charge < -0.3 is 19.9 Å². The number of nitrogens with one attached hydrogen (secondary N) is 1. The molecule has 1 saturated heterocycles. The van der Waals surface area contributed by atoms with Crippen molar-refractivity contribution < 1.29 is 9.53 Å². The molecule has 0 spiro atoms. The number of carbonyl (C=O) groups excluding carboxylic acids is 1. The Bertz CT molecular complexity index is 266. The maximum Gasteiger partial charge on any atom is 0.224 e. The van der Waals surface area contributed by atoms with Gasteiger partial charge in [0.05, 0.1) is 19.1 Å². The van der Waals surface area contributed by atoms with E-state index >= 15 is 0 Å². The molecule has 0 saturated carbocycles. The molecule has 0 radical (unpaired) electrons. The standard InChI is InChI=1S/C15H31N3O2/c1-4-18(12-5-11-17(2)3)15(19)8-13-20-14-6-9-16-10-7-14/h14,16H,4-13H2,1-3H3. The predicted octanol–water partition coefficient (Wildman–Crippen LogP) is 0.945. The SMILES string of the molecule is CCN(CCCN(C)C)C(=O)CCOC1CCNCC1. The molecule has 0 aromatic rings. The number of piperidine rings is 1. The summed E-state index contributed by atoms with van der Waals surface area (Å²) in [5.41, 5.74) is 0. The van der Waals surface area contributed by atoms with Gasteiger partial charge in [0.2, 0.25) is 5.91 Å². The van der Waals surface area contributed by atoms with Crippen molar-refractivity contribution in [3.63, 3.8) is 0 Å². The molecule has 0 atom stereocenters. The zero-order valence-corrected chi connectivity index (χ0v) is 13.4. The van der Waals surface area contributed by atoms with Crippen molar-refractivity contribution in [1.82, 2.24) is 15.1 Å². The fourth-order valence-corrected chi connectivity index (χ4v) is 2.47. The van der Waals surface area contributed by atoms with E-state index in [1.54, 1.807) is 0 Å². The summed E-state index contributed by atoms with van der Waals surface area (Å²) in [5, 5.41) is 3.31. The highest BCUT2D eigenvalue weighted by Crippen LogP contribution is 2.08. The molecule has 0 bridgehead atoms. The van der Waals surface area contributed by atoms with E-state index in [1.807, 2.05) is 11.8 Å². The van der Waals surface area contributed by atoms with Crippen molar-refractivity contribution in [2.45, 2.75) is 38.7 Å². The van der Waals surface area contributed by atoms with Crippen LogP contribution in [0.15, 0.2) is 0 Å². The Morgan fingerprint density at radius 1 is 1.25 bits per heavy atom. The third-order valence-electron chi connectivity index (χ3n) is 3.72. The van der Waals surface area contributed by atoms with Crippen LogP contribution in [0.4, 0.5) is 0 Å². The van der Waals surface area contributed by atoms with E-state index in [2.05, 4.69) is 24.3 Å². The van der Waals surface area contributed by atoms with Crippen LogP contribution >= 0.6 is 0 Å². The van der Waals surface area contributed by atoms with E-state index in [0.717, 1.165) is 52.0 Å². The van der Waals surface area contributed by atoms with E-state index in [4.69, 9.17) is 4.74 Å². The first kappa shape index (κ1) is 17.4. The zero-order chi connectivity index (χ0) is 14.8. The smallest absolute Gasteiger partial charge is 0.224 e. The average Bonchev–Trinajstić information content (AvgIpc) is 2.44. The topological polar surface area (TPSA) is 44.8 Å². The number of carbonyl (C=O) groups is 1. The minimum absolute atomic E-state index is 0.222. The van der Waals surface area contributed by atoms with E-state index in [1.165, 1.54) is 0 Å². The first-order valence-corrected chi connectivity index (χ1v) is 7.88. The van der Waals surface area contributed by atoms with Crippen molar-refractivity contribution in [3.05, 3.63) is 0 Å². The Balaban J connectivity index is 2.14. The monoisotopic (exact) mass is 285 g/mol. The van der Waals surface area contributed by atoms with E-state index in [9.17, 15) is 4.79 Å². The van der Waals surface area contributed by atoms with Crippen molar-refractivity contribution in [2.24, 2.45) is 0 Å². The number of hydrogen-bond acceptors (Lipinski definition) is 4. The van der Waals surface area contributed by atoms with Crippen LogP contribution in [0.3, 0.4) is 0 Å². The van der Waals surface area contributed by atoms with Crippen LogP contribution in [0.1, 0.15) is 32.6 Å². The van der Waals surface area contributed by atoms with Crippen molar-refractivity contribution >= 4 is 5.91 Å². The lowest BCUT2D eigenvalue weighted by Crippen LogP contribution is -2.35. The van der Waals surface area contributed by atoms with Crippen LogP contribution < -0.4 is 5.32 Å². The van der Waals surface area contributed by atoms with E-state index in [-0.39, 0.29) is 5.91 Å². The molecule has 1 rings (SSSR count). The second-order valence-electron chi connectivity index (χ2n) is 5.70. The third-order valence-corrected chi connectivity index (χ3v) is 3.72.